The predicted molar refractivity (Wildman–Crippen MR) is 55.8 cm³/mol. The van der Waals surface area contributed by atoms with E-state index in [9.17, 15) is 18.0 Å². The molecule has 0 N–H and O–H groups in total. The van der Waals surface area contributed by atoms with E-state index in [-0.39, 0.29) is 24.2 Å². The first kappa shape index (κ1) is 13.4. The second kappa shape index (κ2) is 5.09. The lowest BCUT2D eigenvalue weighted by Gasteiger charge is -2.21. The number of allylic oxidation sites excluding steroid dienone is 2. The minimum atomic E-state index is -4.41. The van der Waals surface area contributed by atoms with Crippen molar-refractivity contribution in [2.24, 2.45) is 5.92 Å². The Labute approximate surface area is 97.1 Å². The second-order valence-electron chi connectivity index (χ2n) is 3.51. The van der Waals surface area contributed by atoms with Gasteiger partial charge in [-0.05, 0) is 19.4 Å². The molecule has 1 rings (SSSR count). The van der Waals surface area contributed by atoms with E-state index in [2.05, 4.69) is 10.7 Å². The normalized spacial score (nSPS) is 20.1. The lowest BCUT2D eigenvalue weighted by atomic mass is 9.90. The van der Waals surface area contributed by atoms with Crippen molar-refractivity contribution in [2.45, 2.75) is 19.5 Å². The molecule has 0 saturated heterocycles. The van der Waals surface area contributed by atoms with Crippen LogP contribution in [-0.2, 0) is 9.53 Å². The molecule has 2 nitrogen and oxygen atoms in total. The van der Waals surface area contributed by atoms with Crippen LogP contribution in [0.3, 0.4) is 0 Å². The summed E-state index contributed by atoms with van der Waals surface area (Å²) in [6, 6.07) is 0. The highest BCUT2D eigenvalue weighted by molar-refractivity contribution is 5.92. The first-order chi connectivity index (χ1) is 7.88. The molecule has 0 aromatic heterocycles. The average molecular weight is 244 g/mol. The van der Waals surface area contributed by atoms with Gasteiger partial charge in [-0.15, -0.1) is 6.42 Å². The highest BCUT2D eigenvalue weighted by Crippen LogP contribution is 2.36. The van der Waals surface area contributed by atoms with E-state index >= 15 is 0 Å². The molecule has 92 valence electrons. The number of halogens is 3. The van der Waals surface area contributed by atoms with E-state index in [1.807, 2.05) is 0 Å². The summed E-state index contributed by atoms with van der Waals surface area (Å²) in [5, 5.41) is 0. The third-order valence-electron chi connectivity index (χ3n) is 2.27. The molecule has 0 saturated carbocycles. The molecule has 0 bridgehead atoms. The molecular formula is C12H11F3O2. The molecule has 0 amide bonds. The van der Waals surface area contributed by atoms with E-state index in [0.717, 1.165) is 6.08 Å². The number of hydrogen-bond acceptors (Lipinski definition) is 2. The average Bonchev–Trinajstić information content (AvgIpc) is 2.27. The second-order valence-corrected chi connectivity index (χ2v) is 3.51. The van der Waals surface area contributed by atoms with E-state index in [4.69, 9.17) is 6.42 Å². The van der Waals surface area contributed by atoms with Gasteiger partial charge in [0.25, 0.3) is 0 Å². The van der Waals surface area contributed by atoms with Gasteiger partial charge in [-0.1, -0.05) is 12.0 Å². The smallest absolute Gasteiger partial charge is 0.395 e. The third-order valence-corrected chi connectivity index (χ3v) is 2.27. The van der Waals surface area contributed by atoms with Gasteiger partial charge in [-0.3, -0.25) is 0 Å². The van der Waals surface area contributed by atoms with Gasteiger partial charge in [-0.2, -0.15) is 13.2 Å². The van der Waals surface area contributed by atoms with E-state index in [1.54, 1.807) is 6.92 Å². The van der Waals surface area contributed by atoms with Crippen LogP contribution >= 0.6 is 0 Å². The monoisotopic (exact) mass is 244 g/mol. The molecule has 17 heavy (non-hydrogen) atoms. The molecule has 1 unspecified atom stereocenters. The molecule has 1 aliphatic rings. The van der Waals surface area contributed by atoms with Gasteiger partial charge in [0.1, 0.15) is 0 Å². The molecule has 0 aromatic carbocycles. The summed E-state index contributed by atoms with van der Waals surface area (Å²) in [6.07, 6.45) is 2.49. The number of terminal acetylenes is 1. The largest absolute Gasteiger partial charge is 0.462 e. The van der Waals surface area contributed by atoms with Crippen molar-refractivity contribution in [1.29, 1.82) is 0 Å². The van der Waals surface area contributed by atoms with E-state index in [0.29, 0.717) is 0 Å². The molecule has 5 heteroatoms. The quantitative estimate of drug-likeness (QED) is 0.551. The lowest BCUT2D eigenvalue weighted by Crippen LogP contribution is -2.25. The van der Waals surface area contributed by atoms with Crippen LogP contribution in [0.2, 0.25) is 0 Å². The zero-order valence-corrected chi connectivity index (χ0v) is 9.17. The SMILES string of the molecule is C#CC1=CC(C(=O)OCC)=CC(C(F)(F)F)C1. The highest BCUT2D eigenvalue weighted by Gasteiger charge is 2.40. The maximum atomic E-state index is 12.6. The summed E-state index contributed by atoms with van der Waals surface area (Å²) < 4.78 is 42.4. The minimum Gasteiger partial charge on any atom is -0.462 e. The predicted octanol–water partition coefficient (Wildman–Crippen LogP) is 2.62. The first-order valence-corrected chi connectivity index (χ1v) is 5.01. The standard InChI is InChI=1S/C12H11F3O2/c1-3-8-5-9(11(16)17-4-2)7-10(6-8)12(13,14)15/h1,5,7,10H,4,6H2,2H3. The maximum absolute atomic E-state index is 12.6. The van der Waals surface area contributed by atoms with E-state index in [1.165, 1.54) is 6.08 Å². The number of rotatable bonds is 2. The molecule has 0 radical (unpaired) electrons. The first-order valence-electron chi connectivity index (χ1n) is 5.01. The number of alkyl halides is 3. The fourth-order valence-corrected chi connectivity index (χ4v) is 1.46. The van der Waals surface area contributed by atoms with Gasteiger partial charge >= 0.3 is 12.1 Å². The van der Waals surface area contributed by atoms with Crippen LogP contribution in [0.15, 0.2) is 23.3 Å². The number of carbonyl (C=O) groups is 1. The number of hydrogen-bond donors (Lipinski definition) is 0. The van der Waals surface area contributed by atoms with E-state index < -0.39 is 18.1 Å². The van der Waals surface area contributed by atoms with Crippen LogP contribution in [0.1, 0.15) is 13.3 Å². The van der Waals surface area contributed by atoms with Crippen molar-refractivity contribution in [3.05, 3.63) is 23.3 Å². The number of carbonyl (C=O) groups excluding carboxylic acids is 1. The van der Waals surface area contributed by atoms with Gasteiger partial charge in [0.2, 0.25) is 0 Å². The Morgan fingerprint density at radius 1 is 1.65 bits per heavy atom. The Bertz CT molecular complexity index is 410. The summed E-state index contributed by atoms with van der Waals surface area (Å²) in [7, 11) is 0. The fourth-order valence-electron chi connectivity index (χ4n) is 1.46. The third kappa shape index (κ3) is 3.38. The maximum Gasteiger partial charge on any atom is 0.395 e. The van der Waals surface area contributed by atoms with Crippen molar-refractivity contribution in [3.8, 4) is 12.3 Å². The van der Waals surface area contributed by atoms with Gasteiger partial charge in [0, 0.05) is 5.57 Å². The summed E-state index contributed by atoms with van der Waals surface area (Å²) >= 11 is 0. The minimum absolute atomic E-state index is 0.103. The highest BCUT2D eigenvalue weighted by atomic mass is 19.4. The molecule has 1 aliphatic carbocycles. The van der Waals surface area contributed by atoms with Crippen molar-refractivity contribution in [1.82, 2.24) is 0 Å². The van der Waals surface area contributed by atoms with Crippen molar-refractivity contribution in [3.63, 3.8) is 0 Å². The number of ether oxygens (including phenoxy) is 1. The molecule has 0 heterocycles. The Kier molecular flexibility index (Phi) is 4.00. The summed E-state index contributed by atoms with van der Waals surface area (Å²) in [4.78, 5) is 11.4. The van der Waals surface area contributed by atoms with Crippen LogP contribution in [0.25, 0.3) is 0 Å². The van der Waals surface area contributed by atoms with Crippen molar-refractivity contribution < 1.29 is 22.7 Å². The van der Waals surface area contributed by atoms with Gasteiger partial charge < -0.3 is 4.74 Å². The lowest BCUT2D eigenvalue weighted by molar-refractivity contribution is -0.161. The van der Waals surface area contributed by atoms with Gasteiger partial charge in [0.15, 0.2) is 0 Å². The van der Waals surface area contributed by atoms with Crippen LogP contribution in [0.5, 0.6) is 0 Å². The van der Waals surface area contributed by atoms with Crippen LogP contribution < -0.4 is 0 Å². The summed E-state index contributed by atoms with van der Waals surface area (Å²) in [6.45, 7) is 1.68. The Morgan fingerprint density at radius 2 is 2.29 bits per heavy atom. The summed E-state index contributed by atoms with van der Waals surface area (Å²) in [5.41, 5.74) is 0.0197. The summed E-state index contributed by atoms with van der Waals surface area (Å²) in [5.74, 6) is -0.362. The fraction of sp³-hybridized carbons (Fsp3) is 0.417. The number of esters is 1. The molecule has 0 fully saturated rings. The topological polar surface area (TPSA) is 26.3 Å². The Hall–Kier alpha value is -1.70. The zero-order chi connectivity index (χ0) is 13.1. The molecular weight excluding hydrogens is 233 g/mol. The molecule has 0 spiro atoms. The van der Waals surface area contributed by atoms with Gasteiger partial charge in [-0.25, -0.2) is 4.79 Å². The molecule has 0 aromatic rings. The molecule has 0 aliphatic heterocycles. The Balaban J connectivity index is 3.01. The van der Waals surface area contributed by atoms with Crippen LogP contribution in [0, 0.1) is 18.3 Å². The van der Waals surface area contributed by atoms with Crippen LogP contribution in [-0.4, -0.2) is 18.8 Å². The van der Waals surface area contributed by atoms with Crippen LogP contribution in [0.4, 0.5) is 13.2 Å². The van der Waals surface area contributed by atoms with Gasteiger partial charge in [0.05, 0.1) is 18.1 Å². The van der Waals surface area contributed by atoms with Crippen molar-refractivity contribution >= 4 is 5.97 Å². The Morgan fingerprint density at radius 3 is 2.76 bits per heavy atom. The molecule has 1 atom stereocenters. The zero-order valence-electron chi connectivity index (χ0n) is 9.17. The van der Waals surface area contributed by atoms with Crippen molar-refractivity contribution in [2.75, 3.05) is 6.61 Å².